The van der Waals surface area contributed by atoms with Crippen molar-refractivity contribution in [3.63, 3.8) is 0 Å². The van der Waals surface area contributed by atoms with Crippen LogP contribution in [-0.4, -0.2) is 24.8 Å². The van der Waals surface area contributed by atoms with E-state index in [2.05, 4.69) is 10.6 Å². The summed E-state index contributed by atoms with van der Waals surface area (Å²) in [5.74, 6) is 0. The SMILES string of the molecule is CC(C)(C)NC(=O)NC=C1CCOCC1. The molecule has 1 aliphatic heterocycles. The second kappa shape index (κ2) is 5.16. The Morgan fingerprint density at radius 2 is 1.93 bits per heavy atom. The third-order valence-corrected chi connectivity index (χ3v) is 2.03. The number of urea groups is 1. The van der Waals surface area contributed by atoms with Crippen molar-refractivity contribution in [2.45, 2.75) is 39.2 Å². The van der Waals surface area contributed by atoms with Gasteiger partial charge in [-0.3, -0.25) is 0 Å². The molecular formula is C11H20N2O2. The zero-order valence-electron chi connectivity index (χ0n) is 9.72. The Balaban J connectivity index is 2.32. The van der Waals surface area contributed by atoms with E-state index in [9.17, 15) is 4.79 Å². The summed E-state index contributed by atoms with van der Waals surface area (Å²) >= 11 is 0. The molecule has 0 aromatic carbocycles. The average molecular weight is 212 g/mol. The van der Waals surface area contributed by atoms with Crippen LogP contribution in [0.1, 0.15) is 33.6 Å². The van der Waals surface area contributed by atoms with Crippen molar-refractivity contribution >= 4 is 6.03 Å². The van der Waals surface area contributed by atoms with Crippen LogP contribution in [0.25, 0.3) is 0 Å². The molecule has 4 nitrogen and oxygen atoms in total. The highest BCUT2D eigenvalue weighted by molar-refractivity contribution is 5.75. The van der Waals surface area contributed by atoms with Crippen LogP contribution in [0.3, 0.4) is 0 Å². The van der Waals surface area contributed by atoms with E-state index in [1.807, 2.05) is 20.8 Å². The van der Waals surface area contributed by atoms with Crippen molar-refractivity contribution in [2.24, 2.45) is 0 Å². The number of hydrogen-bond acceptors (Lipinski definition) is 2. The van der Waals surface area contributed by atoms with Gasteiger partial charge in [0.25, 0.3) is 0 Å². The van der Waals surface area contributed by atoms with Gasteiger partial charge in [-0.2, -0.15) is 0 Å². The summed E-state index contributed by atoms with van der Waals surface area (Å²) in [7, 11) is 0. The van der Waals surface area contributed by atoms with E-state index in [1.54, 1.807) is 6.20 Å². The second-order valence-corrected chi connectivity index (χ2v) is 4.76. The fraction of sp³-hybridized carbons (Fsp3) is 0.727. The van der Waals surface area contributed by atoms with Crippen LogP contribution >= 0.6 is 0 Å². The molecule has 1 fully saturated rings. The predicted molar refractivity (Wildman–Crippen MR) is 59.6 cm³/mol. The summed E-state index contributed by atoms with van der Waals surface area (Å²) in [6.45, 7) is 7.37. The number of ether oxygens (including phenoxy) is 1. The summed E-state index contributed by atoms with van der Waals surface area (Å²) < 4.78 is 5.22. The molecule has 0 aliphatic carbocycles. The van der Waals surface area contributed by atoms with Gasteiger partial charge < -0.3 is 15.4 Å². The standard InChI is InChI=1S/C11H20N2O2/c1-11(2,3)13-10(14)12-8-9-4-6-15-7-5-9/h8H,4-7H2,1-3H3,(H2,12,13,14). The van der Waals surface area contributed by atoms with Gasteiger partial charge in [0.15, 0.2) is 0 Å². The Morgan fingerprint density at radius 1 is 1.33 bits per heavy atom. The minimum Gasteiger partial charge on any atom is -0.381 e. The first kappa shape index (κ1) is 12.0. The normalized spacial score (nSPS) is 17.1. The maximum Gasteiger partial charge on any atom is 0.319 e. The number of amides is 2. The summed E-state index contributed by atoms with van der Waals surface area (Å²) in [5.41, 5.74) is 1.04. The van der Waals surface area contributed by atoms with Crippen molar-refractivity contribution in [3.8, 4) is 0 Å². The summed E-state index contributed by atoms with van der Waals surface area (Å²) in [5, 5.41) is 5.57. The quantitative estimate of drug-likeness (QED) is 0.696. The summed E-state index contributed by atoms with van der Waals surface area (Å²) in [4.78, 5) is 11.4. The summed E-state index contributed by atoms with van der Waals surface area (Å²) in [6, 6.07) is -0.151. The zero-order valence-corrected chi connectivity index (χ0v) is 9.72. The van der Waals surface area contributed by atoms with Crippen LogP contribution in [0.5, 0.6) is 0 Å². The third-order valence-electron chi connectivity index (χ3n) is 2.03. The molecule has 0 atom stereocenters. The van der Waals surface area contributed by atoms with Gasteiger partial charge >= 0.3 is 6.03 Å². The molecule has 0 bridgehead atoms. The Labute approximate surface area is 91.1 Å². The van der Waals surface area contributed by atoms with Gasteiger partial charge in [-0.15, -0.1) is 0 Å². The first-order valence-electron chi connectivity index (χ1n) is 5.32. The Kier molecular flexibility index (Phi) is 4.15. The monoisotopic (exact) mass is 212 g/mol. The molecule has 0 radical (unpaired) electrons. The molecule has 0 unspecified atom stereocenters. The molecule has 15 heavy (non-hydrogen) atoms. The number of nitrogens with one attached hydrogen (secondary N) is 2. The van der Waals surface area contributed by atoms with Crippen molar-refractivity contribution < 1.29 is 9.53 Å². The number of carbonyl (C=O) groups is 1. The maximum atomic E-state index is 11.4. The molecule has 0 spiro atoms. The lowest BCUT2D eigenvalue weighted by Crippen LogP contribution is -2.45. The Hall–Kier alpha value is -1.03. The van der Waals surface area contributed by atoms with E-state index in [0.717, 1.165) is 26.1 Å². The van der Waals surface area contributed by atoms with E-state index < -0.39 is 0 Å². The predicted octanol–water partition coefficient (Wildman–Crippen LogP) is 1.78. The first-order valence-corrected chi connectivity index (χ1v) is 5.32. The molecule has 86 valence electrons. The van der Waals surface area contributed by atoms with Crippen LogP contribution in [0.2, 0.25) is 0 Å². The molecule has 1 aliphatic rings. The van der Waals surface area contributed by atoms with Gasteiger partial charge in [-0.25, -0.2) is 4.79 Å². The molecular weight excluding hydrogens is 192 g/mol. The number of carbonyl (C=O) groups excluding carboxylic acids is 1. The molecule has 2 amide bonds. The molecule has 0 aromatic rings. The van der Waals surface area contributed by atoms with Crippen molar-refractivity contribution in [1.29, 1.82) is 0 Å². The van der Waals surface area contributed by atoms with Crippen molar-refractivity contribution in [2.75, 3.05) is 13.2 Å². The topological polar surface area (TPSA) is 50.4 Å². The van der Waals surface area contributed by atoms with Gasteiger partial charge in [0.1, 0.15) is 0 Å². The van der Waals surface area contributed by atoms with Crippen molar-refractivity contribution in [1.82, 2.24) is 10.6 Å². The van der Waals surface area contributed by atoms with E-state index in [0.29, 0.717) is 0 Å². The largest absolute Gasteiger partial charge is 0.381 e. The lowest BCUT2D eigenvalue weighted by atomic mass is 10.1. The van der Waals surface area contributed by atoms with Crippen LogP contribution in [0.15, 0.2) is 11.8 Å². The van der Waals surface area contributed by atoms with Crippen molar-refractivity contribution in [3.05, 3.63) is 11.8 Å². The van der Waals surface area contributed by atoms with Gasteiger partial charge in [-0.1, -0.05) is 0 Å². The highest BCUT2D eigenvalue weighted by Crippen LogP contribution is 2.11. The van der Waals surface area contributed by atoms with Gasteiger partial charge in [0, 0.05) is 11.7 Å². The highest BCUT2D eigenvalue weighted by atomic mass is 16.5. The fourth-order valence-electron chi connectivity index (χ4n) is 1.32. The molecule has 2 N–H and O–H groups in total. The summed E-state index contributed by atoms with van der Waals surface area (Å²) in [6.07, 6.45) is 3.62. The van der Waals surface area contributed by atoms with E-state index in [-0.39, 0.29) is 11.6 Å². The smallest absolute Gasteiger partial charge is 0.319 e. The van der Waals surface area contributed by atoms with Gasteiger partial charge in [0.05, 0.1) is 13.2 Å². The molecule has 4 heteroatoms. The molecule has 1 heterocycles. The number of rotatable bonds is 1. The zero-order chi connectivity index (χ0) is 11.3. The lowest BCUT2D eigenvalue weighted by Gasteiger charge is -2.20. The second-order valence-electron chi connectivity index (χ2n) is 4.76. The van der Waals surface area contributed by atoms with Crippen LogP contribution < -0.4 is 10.6 Å². The van der Waals surface area contributed by atoms with Crippen LogP contribution in [0, 0.1) is 0 Å². The third kappa shape index (κ3) is 5.42. The van der Waals surface area contributed by atoms with Gasteiger partial charge in [0.2, 0.25) is 0 Å². The van der Waals surface area contributed by atoms with Gasteiger partial charge in [-0.05, 0) is 39.2 Å². The van der Waals surface area contributed by atoms with E-state index in [1.165, 1.54) is 5.57 Å². The molecule has 0 aromatic heterocycles. The van der Waals surface area contributed by atoms with E-state index >= 15 is 0 Å². The van der Waals surface area contributed by atoms with E-state index in [4.69, 9.17) is 4.74 Å². The number of hydrogen-bond donors (Lipinski definition) is 2. The maximum absolute atomic E-state index is 11.4. The fourth-order valence-corrected chi connectivity index (χ4v) is 1.32. The first-order chi connectivity index (χ1) is 6.97. The minimum absolute atomic E-state index is 0.151. The molecule has 1 saturated heterocycles. The Morgan fingerprint density at radius 3 is 2.47 bits per heavy atom. The highest BCUT2D eigenvalue weighted by Gasteiger charge is 2.12. The lowest BCUT2D eigenvalue weighted by molar-refractivity contribution is 0.119. The van der Waals surface area contributed by atoms with Crippen LogP contribution in [-0.2, 0) is 4.74 Å². The minimum atomic E-state index is -0.196. The Bertz CT molecular complexity index is 246. The molecule has 1 rings (SSSR count). The van der Waals surface area contributed by atoms with Crippen LogP contribution in [0.4, 0.5) is 4.79 Å². The average Bonchev–Trinajstić information content (AvgIpc) is 2.14. The molecule has 0 saturated carbocycles.